The van der Waals surface area contributed by atoms with E-state index in [4.69, 9.17) is 9.47 Å². The number of nitrogens with zero attached hydrogens (tertiary/aromatic N) is 6. The normalized spacial score (nSPS) is 18.9. The average molecular weight is 765 g/mol. The van der Waals surface area contributed by atoms with Crippen LogP contribution in [-0.4, -0.2) is 93.1 Å². The molecule has 0 bridgehead atoms. The molecule has 1 aromatic heterocycles. The predicted octanol–water partition coefficient (Wildman–Crippen LogP) is 4.64. The number of aromatic nitrogens is 3. The monoisotopic (exact) mass is 764 g/mol. The molecular weight excluding hydrogens is 721 g/mol. The minimum Gasteiger partial charge on any atom is -0.494 e. The Hall–Kier alpha value is -5.32. The van der Waals surface area contributed by atoms with E-state index in [2.05, 4.69) is 43.0 Å². The van der Waals surface area contributed by atoms with Crippen molar-refractivity contribution in [1.82, 2.24) is 30.0 Å². The predicted molar refractivity (Wildman–Crippen MR) is 192 cm³/mol. The number of aryl methyl sites for hydroxylation is 1. The molecule has 292 valence electrons. The van der Waals surface area contributed by atoms with E-state index >= 15 is 0 Å². The molecule has 2 N–H and O–H groups in total. The van der Waals surface area contributed by atoms with Gasteiger partial charge in [-0.1, -0.05) is 24.6 Å². The average Bonchev–Trinajstić information content (AvgIpc) is 3.76. The molecule has 0 aliphatic carbocycles. The van der Waals surface area contributed by atoms with Gasteiger partial charge >= 0.3 is 6.18 Å². The number of alkyl halides is 3. The number of hydrogen-bond acceptors (Lipinski definition) is 10. The molecule has 2 aromatic carbocycles. The van der Waals surface area contributed by atoms with Gasteiger partial charge in [-0.3, -0.25) is 24.5 Å². The molecule has 1 unspecified atom stereocenters. The lowest BCUT2D eigenvalue weighted by Crippen LogP contribution is -2.52. The number of carbonyl (C=O) groups excluding carboxylic acids is 4. The highest BCUT2D eigenvalue weighted by atomic mass is 19.4. The number of nitrogens with one attached hydrogen (secondary N) is 2. The summed E-state index contributed by atoms with van der Waals surface area (Å²) in [5.41, 5.74) is 2.78. The molecule has 4 aliphatic heterocycles. The van der Waals surface area contributed by atoms with Crippen molar-refractivity contribution < 1.29 is 41.8 Å². The van der Waals surface area contributed by atoms with Gasteiger partial charge in [-0.25, -0.2) is 0 Å². The number of fused-ring (bicyclic) bond motifs is 2. The van der Waals surface area contributed by atoms with Crippen LogP contribution in [0.3, 0.4) is 0 Å². The zero-order valence-electron chi connectivity index (χ0n) is 30.3. The van der Waals surface area contributed by atoms with Crippen molar-refractivity contribution >= 4 is 35.2 Å². The minimum atomic E-state index is -4.60. The van der Waals surface area contributed by atoms with E-state index < -0.39 is 23.9 Å². The Morgan fingerprint density at radius 1 is 0.909 bits per heavy atom. The molecule has 2 fully saturated rings. The fourth-order valence-corrected chi connectivity index (χ4v) is 7.57. The summed E-state index contributed by atoms with van der Waals surface area (Å²) in [5, 5.41) is 16.3. The molecular formula is C38H43F3N8O6. The number of carbonyl (C=O) groups is 4. The summed E-state index contributed by atoms with van der Waals surface area (Å²) >= 11 is 0. The van der Waals surface area contributed by atoms with Crippen LogP contribution >= 0.6 is 0 Å². The summed E-state index contributed by atoms with van der Waals surface area (Å²) in [6.07, 6.45) is 2.03. The van der Waals surface area contributed by atoms with E-state index in [1.807, 2.05) is 12.1 Å². The van der Waals surface area contributed by atoms with Gasteiger partial charge in [0.15, 0.2) is 5.82 Å². The first-order valence-corrected chi connectivity index (χ1v) is 18.8. The van der Waals surface area contributed by atoms with Crippen molar-refractivity contribution in [3.05, 3.63) is 70.8 Å². The van der Waals surface area contributed by atoms with Crippen molar-refractivity contribution in [2.75, 3.05) is 38.2 Å². The van der Waals surface area contributed by atoms with Crippen LogP contribution in [0.4, 0.5) is 18.9 Å². The van der Waals surface area contributed by atoms with Crippen LogP contribution in [0.2, 0.25) is 0 Å². The maximum atomic E-state index is 13.3. The fourth-order valence-electron chi connectivity index (χ4n) is 7.57. The summed E-state index contributed by atoms with van der Waals surface area (Å²) < 4.78 is 52.3. The second-order valence-corrected chi connectivity index (χ2v) is 14.2. The van der Waals surface area contributed by atoms with Gasteiger partial charge < -0.3 is 24.6 Å². The number of ether oxygens (including phenoxy) is 2. The zero-order chi connectivity index (χ0) is 38.5. The molecule has 55 heavy (non-hydrogen) atoms. The van der Waals surface area contributed by atoms with Crippen LogP contribution in [0.1, 0.15) is 96.8 Å². The summed E-state index contributed by atoms with van der Waals surface area (Å²) in [6, 6.07) is 12.5. The zero-order valence-corrected chi connectivity index (χ0v) is 30.3. The second kappa shape index (κ2) is 16.6. The summed E-state index contributed by atoms with van der Waals surface area (Å²) in [7, 11) is 0. The number of amides is 4. The lowest BCUT2D eigenvalue weighted by atomic mass is 9.89. The SMILES string of the molecule is O=C1CCC(N2Cc3c(NC(=O)COCCCCCCOc4ccc(C5CCN(C6=Nn7c(nnc7C(F)(F)F)CC6)CC5)cc4)cccc3C2=O)C(=O)N1. The highest BCUT2D eigenvalue weighted by Crippen LogP contribution is 2.34. The van der Waals surface area contributed by atoms with Crippen LogP contribution in [0.25, 0.3) is 0 Å². The van der Waals surface area contributed by atoms with E-state index in [1.165, 1.54) is 10.5 Å². The quantitative estimate of drug-likeness (QED) is 0.187. The number of likely N-dealkylation sites (tertiary alicyclic amines) is 1. The molecule has 17 heteroatoms. The molecule has 4 aliphatic rings. The lowest BCUT2D eigenvalue weighted by molar-refractivity contribution is -0.147. The van der Waals surface area contributed by atoms with Gasteiger partial charge in [0.25, 0.3) is 11.7 Å². The van der Waals surface area contributed by atoms with Gasteiger partial charge in [0, 0.05) is 62.3 Å². The number of anilines is 1. The van der Waals surface area contributed by atoms with Gasteiger partial charge in [0.05, 0.1) is 6.61 Å². The van der Waals surface area contributed by atoms with Crippen molar-refractivity contribution in [2.45, 2.75) is 88.9 Å². The third kappa shape index (κ3) is 8.82. The molecule has 4 amide bonds. The van der Waals surface area contributed by atoms with Crippen LogP contribution in [0.5, 0.6) is 5.75 Å². The fraction of sp³-hybridized carbons (Fsp3) is 0.500. The summed E-state index contributed by atoms with van der Waals surface area (Å²) in [5.74, 6) is -0.527. The Kier molecular flexibility index (Phi) is 11.5. The first-order chi connectivity index (χ1) is 26.5. The Balaban J connectivity index is 0.754. The molecule has 0 spiro atoms. The largest absolute Gasteiger partial charge is 0.494 e. The van der Waals surface area contributed by atoms with Crippen LogP contribution in [0.15, 0.2) is 47.6 Å². The first kappa shape index (κ1) is 38.0. The van der Waals surface area contributed by atoms with Crippen LogP contribution in [0, 0.1) is 0 Å². The second-order valence-electron chi connectivity index (χ2n) is 14.2. The smallest absolute Gasteiger partial charge is 0.453 e. The number of benzene rings is 2. The molecule has 7 rings (SSSR count). The maximum absolute atomic E-state index is 13.3. The Labute approximate surface area is 315 Å². The number of amidine groups is 1. The van der Waals surface area contributed by atoms with Gasteiger partial charge in [-0.15, -0.1) is 10.2 Å². The van der Waals surface area contributed by atoms with E-state index in [1.54, 1.807) is 18.2 Å². The highest BCUT2D eigenvalue weighted by Gasteiger charge is 2.41. The van der Waals surface area contributed by atoms with Crippen molar-refractivity contribution in [3.8, 4) is 5.75 Å². The number of piperidine rings is 2. The lowest BCUT2D eigenvalue weighted by Gasteiger charge is -2.35. The summed E-state index contributed by atoms with van der Waals surface area (Å²) in [4.78, 5) is 53.1. The van der Waals surface area contributed by atoms with Crippen LogP contribution < -0.4 is 15.4 Å². The van der Waals surface area contributed by atoms with Gasteiger partial charge in [-0.2, -0.15) is 22.9 Å². The summed E-state index contributed by atoms with van der Waals surface area (Å²) in [6.45, 7) is 2.48. The third-order valence-electron chi connectivity index (χ3n) is 10.5. The number of imide groups is 1. The molecule has 3 aromatic rings. The van der Waals surface area contributed by atoms with Gasteiger partial charge in [0.1, 0.15) is 24.2 Å². The van der Waals surface area contributed by atoms with E-state index in [0.717, 1.165) is 49.0 Å². The Morgan fingerprint density at radius 3 is 2.42 bits per heavy atom. The Bertz CT molecular complexity index is 1940. The van der Waals surface area contributed by atoms with Crippen molar-refractivity contribution in [3.63, 3.8) is 0 Å². The number of rotatable bonds is 13. The topological polar surface area (TPSA) is 160 Å². The van der Waals surface area contributed by atoms with E-state index in [9.17, 15) is 32.3 Å². The Morgan fingerprint density at radius 2 is 1.67 bits per heavy atom. The number of hydrogen-bond donors (Lipinski definition) is 2. The molecule has 5 heterocycles. The number of unbranched alkanes of at least 4 members (excludes halogenated alkanes) is 3. The highest BCUT2D eigenvalue weighted by molar-refractivity contribution is 6.06. The van der Waals surface area contributed by atoms with Crippen molar-refractivity contribution in [2.24, 2.45) is 5.10 Å². The first-order valence-electron chi connectivity index (χ1n) is 18.8. The van der Waals surface area contributed by atoms with Gasteiger partial charge in [0.2, 0.25) is 17.7 Å². The number of halogens is 3. The minimum absolute atomic E-state index is 0.126. The maximum Gasteiger partial charge on any atom is 0.453 e. The standard InChI is InChI=1S/C38H43F3N8O6/c39-38(40,41)37-45-44-31-13-14-32(46-49(31)37)47-18-16-25(17-19-47)24-8-10-26(11-9-24)55-21-4-2-1-3-20-54-23-34(51)42-29-7-5-6-27-28(29)22-48(36(27)53)30-12-15-33(50)43-35(30)52/h5-11,25,30H,1-4,12-23H2,(H,42,51)(H,43,50,52). The molecule has 2 saturated heterocycles. The molecule has 1 atom stereocenters. The van der Waals surface area contributed by atoms with Crippen LogP contribution in [-0.2, 0) is 38.3 Å². The molecule has 0 saturated carbocycles. The van der Waals surface area contributed by atoms with E-state index in [0.29, 0.717) is 67.7 Å². The molecule has 0 radical (unpaired) electrons. The van der Waals surface area contributed by atoms with E-state index in [-0.39, 0.29) is 49.5 Å². The third-order valence-corrected chi connectivity index (χ3v) is 10.5. The molecule has 14 nitrogen and oxygen atoms in total. The van der Waals surface area contributed by atoms with Crippen molar-refractivity contribution in [1.29, 1.82) is 0 Å². The van der Waals surface area contributed by atoms with Gasteiger partial charge in [-0.05, 0) is 74.3 Å².